The molecule has 4 N–H and O–H groups in total. The van der Waals surface area contributed by atoms with Crippen molar-refractivity contribution in [2.75, 3.05) is 5.73 Å². The first-order valence-electron chi connectivity index (χ1n) is 2.97. The molecule has 0 aliphatic carbocycles. The molecule has 0 spiro atoms. The van der Waals surface area contributed by atoms with Crippen LogP contribution in [0.25, 0.3) is 0 Å². The minimum atomic E-state index is -0.407. The first kappa shape index (κ1) is 11.3. The van der Waals surface area contributed by atoms with Gasteiger partial charge in [-0.1, -0.05) is 0 Å². The Morgan fingerprint density at radius 1 is 1.50 bits per heavy atom. The monoisotopic (exact) mass is 357 g/mol. The number of nitro groups is 1. The third-order valence-electron chi connectivity index (χ3n) is 1.34. The van der Waals surface area contributed by atoms with Crippen molar-refractivity contribution in [1.29, 1.82) is 0 Å². The Balaban J connectivity index is 0.00000121. The van der Waals surface area contributed by atoms with Crippen molar-refractivity contribution in [3.8, 4) is 0 Å². The second-order valence-electron chi connectivity index (χ2n) is 2.14. The van der Waals surface area contributed by atoms with E-state index in [1.54, 1.807) is 12.1 Å². The molecule has 1 aromatic rings. The van der Waals surface area contributed by atoms with Gasteiger partial charge in [0.15, 0.2) is 0 Å². The van der Waals surface area contributed by atoms with E-state index in [9.17, 15) is 10.1 Å². The summed E-state index contributed by atoms with van der Waals surface area (Å²) in [6, 6.07) is 4.55. The molecule has 12 heavy (non-hydrogen) atoms. The number of rotatable bonds is 1. The topological polar surface area (TPSA) is 101 Å². The van der Waals surface area contributed by atoms with Crippen molar-refractivity contribution in [2.24, 2.45) is 0 Å². The van der Waals surface area contributed by atoms with Crippen LogP contribution in [0.15, 0.2) is 18.2 Å². The van der Waals surface area contributed by atoms with Crippen LogP contribution in [0.1, 0.15) is 0 Å². The van der Waals surface area contributed by atoms with Crippen molar-refractivity contribution in [1.82, 2.24) is 0 Å². The first-order valence-corrected chi connectivity index (χ1v) is 5.72. The average molecular weight is 356 g/mol. The number of hydrogen-bond donors (Lipinski definition) is 1. The van der Waals surface area contributed by atoms with Gasteiger partial charge in [0.05, 0.1) is 0 Å². The van der Waals surface area contributed by atoms with Crippen LogP contribution in [0, 0.1) is 10.1 Å². The fourth-order valence-electron chi connectivity index (χ4n) is 0.706. The van der Waals surface area contributed by atoms with Crippen LogP contribution >= 0.6 is 0 Å². The molecule has 6 heteroatoms. The van der Waals surface area contributed by atoms with Gasteiger partial charge in [-0.15, -0.1) is 0 Å². The van der Waals surface area contributed by atoms with E-state index in [1.165, 1.54) is 6.07 Å². The molecule has 0 radical (unpaired) electrons. The third-order valence-corrected chi connectivity index (χ3v) is 3.72. The van der Waals surface area contributed by atoms with Crippen LogP contribution in [0.3, 0.4) is 0 Å². The largest absolute Gasteiger partial charge is 0.412 e. The van der Waals surface area contributed by atoms with E-state index in [0.29, 0.717) is 31.8 Å². The Bertz CT molecular complexity index is 303. The van der Waals surface area contributed by atoms with Crippen LogP contribution in [-0.4, -0.2) is 10.4 Å². The Kier molecular flexibility index (Phi) is 4.12. The van der Waals surface area contributed by atoms with E-state index in [0.717, 1.165) is 3.07 Å². The van der Waals surface area contributed by atoms with Crippen LogP contribution in [0.4, 0.5) is 11.4 Å². The van der Waals surface area contributed by atoms with E-state index >= 15 is 0 Å². The van der Waals surface area contributed by atoms with Crippen molar-refractivity contribution >= 4 is 14.4 Å². The van der Waals surface area contributed by atoms with Crippen molar-refractivity contribution in [3.05, 3.63) is 28.3 Å². The summed E-state index contributed by atoms with van der Waals surface area (Å²) in [5.74, 6) is 0. The molecule has 1 rings (SSSR count). The predicted molar refractivity (Wildman–Crippen MR) is 40.8 cm³/mol. The van der Waals surface area contributed by atoms with Gasteiger partial charge in [-0.3, -0.25) is 0 Å². The van der Waals surface area contributed by atoms with Crippen LogP contribution < -0.4 is 8.81 Å². The number of nitro benzene ring substituents is 1. The van der Waals surface area contributed by atoms with Gasteiger partial charge < -0.3 is 5.48 Å². The summed E-state index contributed by atoms with van der Waals surface area (Å²) in [6.07, 6.45) is 0. The van der Waals surface area contributed by atoms with Gasteiger partial charge in [-0.2, -0.15) is 0 Å². The molecule has 0 saturated heterocycles. The van der Waals surface area contributed by atoms with E-state index in [1.807, 2.05) is 0 Å². The molecular formula is C6H7HgN2O3. The normalized spacial score (nSPS) is 8.83. The molecule has 0 unspecified atom stereocenters. The summed E-state index contributed by atoms with van der Waals surface area (Å²) in [6.45, 7) is 0. The number of non-ortho nitro benzene ring substituents is 1. The summed E-state index contributed by atoms with van der Waals surface area (Å²) >= 11 is 0.342. The molecule has 0 bridgehead atoms. The zero-order chi connectivity index (χ0) is 8.43. The van der Waals surface area contributed by atoms with E-state index in [-0.39, 0.29) is 11.2 Å². The number of hydrogen-bond acceptors (Lipinski definition) is 3. The summed E-state index contributed by atoms with van der Waals surface area (Å²) in [7, 11) is 0. The van der Waals surface area contributed by atoms with Gasteiger partial charge in [-0.05, 0) is 0 Å². The molecule has 0 aliphatic heterocycles. The zero-order valence-corrected chi connectivity index (χ0v) is 11.8. The van der Waals surface area contributed by atoms with Gasteiger partial charge in [0.2, 0.25) is 0 Å². The molecule has 0 saturated carbocycles. The van der Waals surface area contributed by atoms with Gasteiger partial charge in [0.1, 0.15) is 0 Å². The van der Waals surface area contributed by atoms with E-state index < -0.39 is 4.92 Å². The van der Waals surface area contributed by atoms with Crippen LogP contribution in [0.2, 0.25) is 0 Å². The number of nitrogen functional groups attached to an aromatic ring is 1. The van der Waals surface area contributed by atoms with Crippen molar-refractivity contribution < 1.29 is 36.5 Å². The van der Waals surface area contributed by atoms with Crippen LogP contribution in [0.5, 0.6) is 0 Å². The van der Waals surface area contributed by atoms with Crippen molar-refractivity contribution in [3.63, 3.8) is 0 Å². The third kappa shape index (κ3) is 2.42. The Morgan fingerprint density at radius 3 is 2.50 bits per heavy atom. The predicted octanol–water partition coefficient (Wildman–Crippen LogP) is -0.476. The fraction of sp³-hybridized carbons (Fsp3) is 0. The second kappa shape index (κ2) is 4.37. The molecule has 0 aliphatic rings. The second-order valence-corrected chi connectivity index (χ2v) is 5.10. The maximum Gasteiger partial charge on any atom is -0.412 e. The number of nitrogens with two attached hydrogens (primary N) is 1. The van der Waals surface area contributed by atoms with Crippen LogP contribution in [-0.2, 0) is 26.1 Å². The Morgan fingerprint density at radius 2 is 2.08 bits per heavy atom. The molecule has 1 aromatic carbocycles. The number of anilines is 1. The minimum absolute atomic E-state index is 0. The molecule has 0 heterocycles. The van der Waals surface area contributed by atoms with Gasteiger partial charge >= 0.3 is 79.5 Å². The van der Waals surface area contributed by atoms with E-state index in [4.69, 9.17) is 5.73 Å². The van der Waals surface area contributed by atoms with Gasteiger partial charge in [0.25, 0.3) is 0 Å². The average Bonchev–Trinajstić information content (AvgIpc) is 1.94. The molecule has 61 valence electrons. The zero-order valence-electron chi connectivity index (χ0n) is 6.28. The molecule has 0 atom stereocenters. The standard InChI is InChI=1S/C6H5N2O2.Hg.H2O/c7-5-1-3-6(4-2-5)8(9)10;;/h1,3-4H,7H2;;1H2. The molecule has 0 fully saturated rings. The van der Waals surface area contributed by atoms with Gasteiger partial charge in [-0.25, -0.2) is 0 Å². The molecule has 0 aromatic heterocycles. The minimum Gasteiger partial charge on any atom is -0.412 e. The maximum absolute atomic E-state index is 10.3. The summed E-state index contributed by atoms with van der Waals surface area (Å²) < 4.78 is 0.930. The Hall–Kier alpha value is -0.685. The summed E-state index contributed by atoms with van der Waals surface area (Å²) in [5, 5.41) is 10.3. The fourth-order valence-corrected chi connectivity index (χ4v) is 1.98. The SMILES string of the molecule is Nc1ccc([N+](=O)[O-])c[c]1[Hg].O. The summed E-state index contributed by atoms with van der Waals surface area (Å²) in [4.78, 5) is 9.84. The van der Waals surface area contributed by atoms with E-state index in [2.05, 4.69) is 0 Å². The quantitative estimate of drug-likeness (QED) is 0.319. The smallest absolute Gasteiger partial charge is 0.412 e. The van der Waals surface area contributed by atoms with Gasteiger partial charge in [0, 0.05) is 0 Å². The maximum atomic E-state index is 10.3. The molecule has 0 amide bonds. The Labute approximate surface area is 85.0 Å². The first-order chi connectivity index (χ1) is 5.11. The molecular weight excluding hydrogens is 349 g/mol. The number of benzene rings is 1. The molecule has 5 nitrogen and oxygen atoms in total. The summed E-state index contributed by atoms with van der Waals surface area (Å²) in [5.41, 5.74) is 6.31. The van der Waals surface area contributed by atoms with Crippen molar-refractivity contribution in [2.45, 2.75) is 0 Å². The number of nitrogens with zero attached hydrogens (tertiary/aromatic N) is 1.